The number of halogens is 1. The van der Waals surface area contributed by atoms with Crippen molar-refractivity contribution >= 4 is 5.91 Å². The molecule has 1 aromatic rings. The summed E-state index contributed by atoms with van der Waals surface area (Å²) in [6.45, 7) is 6.56. The molecular formula is C18H27FN2O. The fraction of sp³-hybridized carbons (Fsp3) is 0.611. The molecule has 122 valence electrons. The Hall–Kier alpha value is -1.42. The third kappa shape index (κ3) is 3.86. The fourth-order valence-electron chi connectivity index (χ4n) is 3.16. The van der Waals surface area contributed by atoms with Crippen LogP contribution in [0.1, 0.15) is 38.7 Å². The van der Waals surface area contributed by atoms with Crippen LogP contribution in [-0.2, 0) is 10.2 Å². The second-order valence-electron chi connectivity index (χ2n) is 6.76. The van der Waals surface area contributed by atoms with Crippen LogP contribution in [0.3, 0.4) is 0 Å². The van der Waals surface area contributed by atoms with Crippen LogP contribution in [0, 0.1) is 11.7 Å². The summed E-state index contributed by atoms with van der Waals surface area (Å²) in [6, 6.07) is 6.28. The normalized spacial score (nSPS) is 16.8. The fourth-order valence-corrected chi connectivity index (χ4v) is 3.16. The standard InChI is InChI=1S/C18H27FN2O/c1-18(2,15-4-6-16(19)7-5-15)17(22)21-12-9-14(10-13-21)8-11-20-3/h4-7,14,20H,8-13H2,1-3H3. The number of rotatable bonds is 5. The zero-order valence-corrected chi connectivity index (χ0v) is 13.9. The van der Waals surface area contributed by atoms with Gasteiger partial charge in [0.1, 0.15) is 5.82 Å². The maximum Gasteiger partial charge on any atom is 0.232 e. The molecule has 0 atom stereocenters. The van der Waals surface area contributed by atoms with E-state index in [9.17, 15) is 9.18 Å². The van der Waals surface area contributed by atoms with Gasteiger partial charge >= 0.3 is 0 Å². The lowest BCUT2D eigenvalue weighted by Gasteiger charge is -2.37. The summed E-state index contributed by atoms with van der Waals surface area (Å²) in [5.74, 6) is 0.592. The van der Waals surface area contributed by atoms with Gasteiger partial charge in [0.05, 0.1) is 5.41 Å². The molecule has 1 heterocycles. The predicted molar refractivity (Wildman–Crippen MR) is 87.3 cm³/mol. The molecule has 0 aliphatic carbocycles. The molecule has 1 N–H and O–H groups in total. The van der Waals surface area contributed by atoms with Gasteiger partial charge in [-0.2, -0.15) is 0 Å². The first-order chi connectivity index (χ1) is 10.4. The van der Waals surface area contributed by atoms with Crippen LogP contribution in [0.25, 0.3) is 0 Å². The number of hydrogen-bond acceptors (Lipinski definition) is 2. The summed E-state index contributed by atoms with van der Waals surface area (Å²) in [7, 11) is 1.98. The second kappa shape index (κ2) is 7.23. The molecule has 0 radical (unpaired) electrons. The number of nitrogens with one attached hydrogen (secondary N) is 1. The highest BCUT2D eigenvalue weighted by Gasteiger charge is 2.35. The van der Waals surface area contributed by atoms with Crippen LogP contribution in [0.5, 0.6) is 0 Å². The van der Waals surface area contributed by atoms with Crippen LogP contribution in [-0.4, -0.2) is 37.5 Å². The van der Waals surface area contributed by atoms with Crippen molar-refractivity contribution < 1.29 is 9.18 Å². The zero-order chi connectivity index (χ0) is 16.2. The molecule has 1 fully saturated rings. The Morgan fingerprint density at radius 2 is 1.86 bits per heavy atom. The Morgan fingerprint density at radius 3 is 2.41 bits per heavy atom. The second-order valence-corrected chi connectivity index (χ2v) is 6.76. The third-order valence-corrected chi connectivity index (χ3v) is 4.80. The minimum absolute atomic E-state index is 0.145. The molecule has 1 amide bonds. The van der Waals surface area contributed by atoms with E-state index in [-0.39, 0.29) is 11.7 Å². The summed E-state index contributed by atoms with van der Waals surface area (Å²) in [4.78, 5) is 14.8. The monoisotopic (exact) mass is 306 g/mol. The number of piperidine rings is 1. The Kier molecular flexibility index (Phi) is 5.57. The largest absolute Gasteiger partial charge is 0.342 e. The third-order valence-electron chi connectivity index (χ3n) is 4.80. The number of nitrogens with zero attached hydrogens (tertiary/aromatic N) is 1. The average Bonchev–Trinajstić information content (AvgIpc) is 2.53. The van der Waals surface area contributed by atoms with E-state index >= 15 is 0 Å². The highest BCUT2D eigenvalue weighted by molar-refractivity contribution is 5.87. The van der Waals surface area contributed by atoms with Gasteiger partial charge in [0.2, 0.25) is 5.91 Å². The predicted octanol–water partition coefficient (Wildman–Crippen LogP) is 2.95. The van der Waals surface area contributed by atoms with Gasteiger partial charge in [-0.25, -0.2) is 4.39 Å². The van der Waals surface area contributed by atoms with Gasteiger partial charge in [0.15, 0.2) is 0 Å². The Morgan fingerprint density at radius 1 is 1.27 bits per heavy atom. The summed E-state index contributed by atoms with van der Waals surface area (Å²) in [6.07, 6.45) is 3.33. The summed E-state index contributed by atoms with van der Waals surface area (Å²) in [5, 5.41) is 3.19. The molecule has 0 bridgehead atoms. The van der Waals surface area contributed by atoms with Crippen LogP contribution in [0.4, 0.5) is 4.39 Å². The van der Waals surface area contributed by atoms with Gasteiger partial charge < -0.3 is 10.2 Å². The van der Waals surface area contributed by atoms with Crippen molar-refractivity contribution in [3.8, 4) is 0 Å². The van der Waals surface area contributed by atoms with E-state index in [4.69, 9.17) is 0 Å². The average molecular weight is 306 g/mol. The maximum absolute atomic E-state index is 13.1. The van der Waals surface area contributed by atoms with Crippen LogP contribution >= 0.6 is 0 Å². The maximum atomic E-state index is 13.1. The molecule has 1 aliphatic rings. The molecular weight excluding hydrogens is 279 g/mol. The van der Waals surface area contributed by atoms with Crippen molar-refractivity contribution in [1.82, 2.24) is 10.2 Å². The first-order valence-corrected chi connectivity index (χ1v) is 8.15. The number of likely N-dealkylation sites (tertiary alicyclic amines) is 1. The molecule has 0 unspecified atom stereocenters. The summed E-state index contributed by atoms with van der Waals surface area (Å²) >= 11 is 0. The van der Waals surface area contributed by atoms with Gasteiger partial charge in [-0.1, -0.05) is 12.1 Å². The highest BCUT2D eigenvalue weighted by Crippen LogP contribution is 2.29. The molecule has 2 rings (SSSR count). The van der Waals surface area contributed by atoms with Crippen LogP contribution in [0.15, 0.2) is 24.3 Å². The minimum Gasteiger partial charge on any atom is -0.342 e. The Labute approximate surface area is 132 Å². The van der Waals surface area contributed by atoms with Crippen LogP contribution in [0.2, 0.25) is 0 Å². The van der Waals surface area contributed by atoms with Crippen molar-refractivity contribution in [3.63, 3.8) is 0 Å². The van der Waals surface area contributed by atoms with Crippen molar-refractivity contribution in [1.29, 1.82) is 0 Å². The van der Waals surface area contributed by atoms with Crippen molar-refractivity contribution in [2.75, 3.05) is 26.7 Å². The molecule has 4 heteroatoms. The van der Waals surface area contributed by atoms with Gasteiger partial charge in [-0.3, -0.25) is 4.79 Å². The molecule has 0 aromatic heterocycles. The minimum atomic E-state index is -0.606. The lowest BCUT2D eigenvalue weighted by molar-refractivity contribution is -0.137. The number of carbonyl (C=O) groups is 1. The SMILES string of the molecule is CNCCC1CCN(C(=O)C(C)(C)c2ccc(F)cc2)CC1. The quantitative estimate of drug-likeness (QED) is 0.907. The van der Waals surface area contributed by atoms with E-state index in [1.165, 1.54) is 18.6 Å². The zero-order valence-electron chi connectivity index (χ0n) is 13.9. The number of benzene rings is 1. The topological polar surface area (TPSA) is 32.3 Å². The molecule has 1 aromatic carbocycles. The number of amides is 1. The molecule has 3 nitrogen and oxygen atoms in total. The number of hydrogen-bond donors (Lipinski definition) is 1. The van der Waals surface area contributed by atoms with E-state index in [0.717, 1.165) is 38.0 Å². The smallest absolute Gasteiger partial charge is 0.232 e. The van der Waals surface area contributed by atoms with E-state index in [2.05, 4.69) is 5.32 Å². The van der Waals surface area contributed by atoms with E-state index in [1.807, 2.05) is 25.8 Å². The summed E-state index contributed by atoms with van der Waals surface area (Å²) in [5.41, 5.74) is 0.266. The highest BCUT2D eigenvalue weighted by atomic mass is 19.1. The summed E-state index contributed by atoms with van der Waals surface area (Å²) < 4.78 is 13.1. The van der Waals surface area contributed by atoms with Gasteiger partial charge in [0.25, 0.3) is 0 Å². The van der Waals surface area contributed by atoms with E-state index in [0.29, 0.717) is 5.92 Å². The van der Waals surface area contributed by atoms with Gasteiger partial charge in [0, 0.05) is 13.1 Å². The Balaban J connectivity index is 1.98. The van der Waals surface area contributed by atoms with Crippen molar-refractivity contribution in [3.05, 3.63) is 35.6 Å². The van der Waals surface area contributed by atoms with Gasteiger partial charge in [-0.15, -0.1) is 0 Å². The molecule has 1 saturated heterocycles. The van der Waals surface area contributed by atoms with Crippen LogP contribution < -0.4 is 5.32 Å². The first-order valence-electron chi connectivity index (χ1n) is 8.15. The molecule has 1 aliphatic heterocycles. The van der Waals surface area contributed by atoms with Crippen molar-refractivity contribution in [2.24, 2.45) is 5.92 Å². The van der Waals surface area contributed by atoms with Gasteiger partial charge in [-0.05, 0) is 70.3 Å². The Bertz CT molecular complexity index is 490. The van der Waals surface area contributed by atoms with Crippen molar-refractivity contribution in [2.45, 2.75) is 38.5 Å². The molecule has 22 heavy (non-hydrogen) atoms. The van der Waals surface area contributed by atoms with E-state index in [1.54, 1.807) is 12.1 Å². The lowest BCUT2D eigenvalue weighted by atomic mass is 9.82. The lowest BCUT2D eigenvalue weighted by Crippen LogP contribution is -2.47. The number of carbonyl (C=O) groups excluding carboxylic acids is 1. The van der Waals surface area contributed by atoms with E-state index < -0.39 is 5.41 Å². The molecule has 0 saturated carbocycles. The molecule has 0 spiro atoms. The first kappa shape index (κ1) is 16.9.